The van der Waals surface area contributed by atoms with Crippen LogP contribution < -0.4 is 15.8 Å². The Hall–Kier alpha value is -2.30. The van der Waals surface area contributed by atoms with Crippen molar-refractivity contribution in [1.29, 1.82) is 0 Å². The predicted molar refractivity (Wildman–Crippen MR) is 91.9 cm³/mol. The zero-order chi connectivity index (χ0) is 15.9. The normalized spacial score (nSPS) is 19.7. The highest BCUT2D eigenvalue weighted by molar-refractivity contribution is 6.06. The fraction of sp³-hybridized carbons (Fsp3) is 0.412. The summed E-state index contributed by atoms with van der Waals surface area (Å²) < 4.78 is 5.75. The van der Waals surface area contributed by atoms with Gasteiger partial charge in [0.2, 0.25) is 0 Å². The number of anilines is 1. The van der Waals surface area contributed by atoms with Crippen LogP contribution in [-0.2, 0) is 6.42 Å². The van der Waals surface area contributed by atoms with E-state index >= 15 is 0 Å². The van der Waals surface area contributed by atoms with Crippen molar-refractivity contribution in [1.82, 2.24) is 0 Å². The largest absolute Gasteiger partial charge is 0.490 e. The summed E-state index contributed by atoms with van der Waals surface area (Å²) in [5.41, 5.74) is 11.1. The van der Waals surface area contributed by atoms with Crippen LogP contribution in [0.5, 0.6) is 5.75 Å². The van der Waals surface area contributed by atoms with Gasteiger partial charge in [-0.2, -0.15) is 0 Å². The van der Waals surface area contributed by atoms with E-state index in [2.05, 4.69) is 35.9 Å². The summed E-state index contributed by atoms with van der Waals surface area (Å²) in [5, 5.41) is 3.46. The maximum atomic E-state index is 6.15. The zero-order valence-corrected chi connectivity index (χ0v) is 13.4. The molecule has 0 unspecified atom stereocenters. The number of nitrogens with one attached hydrogen (secondary N) is 1. The standard InChI is InChI=1S/C17H22N4O/c1-17(2)9-11-10(15(19-3)13(17)16(18)20-4)5-6-12-14(11)21-7-8-22-12/h5-6,21H,3,7-9H2,1-2,4H3,(H2,18,20). The van der Waals surface area contributed by atoms with Gasteiger partial charge in [0.1, 0.15) is 18.2 Å². The maximum absolute atomic E-state index is 6.15. The van der Waals surface area contributed by atoms with Gasteiger partial charge in [0.15, 0.2) is 0 Å². The van der Waals surface area contributed by atoms with Crippen LogP contribution in [0.4, 0.5) is 5.69 Å². The molecule has 0 atom stereocenters. The van der Waals surface area contributed by atoms with Gasteiger partial charge in [0, 0.05) is 24.7 Å². The molecule has 0 saturated heterocycles. The van der Waals surface area contributed by atoms with E-state index in [4.69, 9.17) is 10.5 Å². The van der Waals surface area contributed by atoms with Gasteiger partial charge < -0.3 is 15.8 Å². The van der Waals surface area contributed by atoms with Gasteiger partial charge in [-0.15, -0.1) is 0 Å². The molecule has 5 heteroatoms. The summed E-state index contributed by atoms with van der Waals surface area (Å²) in [7, 11) is 1.71. The summed E-state index contributed by atoms with van der Waals surface area (Å²) in [4.78, 5) is 8.46. The van der Waals surface area contributed by atoms with Crippen molar-refractivity contribution >= 4 is 23.9 Å². The van der Waals surface area contributed by atoms with Gasteiger partial charge in [-0.25, -0.2) is 0 Å². The third kappa shape index (κ3) is 2.08. The van der Waals surface area contributed by atoms with E-state index in [0.717, 1.165) is 41.2 Å². The number of nitrogens with zero attached hydrogens (tertiary/aromatic N) is 2. The lowest BCUT2D eigenvalue weighted by atomic mass is 9.70. The lowest BCUT2D eigenvalue weighted by Gasteiger charge is -2.37. The lowest BCUT2D eigenvalue weighted by molar-refractivity contribution is 0.322. The number of hydrogen-bond acceptors (Lipinski definition) is 4. The number of fused-ring (bicyclic) bond motifs is 3. The Labute approximate surface area is 131 Å². The third-order valence-electron chi connectivity index (χ3n) is 4.38. The molecular weight excluding hydrogens is 276 g/mol. The molecule has 116 valence electrons. The molecule has 0 aromatic heterocycles. The molecule has 5 nitrogen and oxygen atoms in total. The van der Waals surface area contributed by atoms with Gasteiger partial charge in [0.25, 0.3) is 0 Å². The van der Waals surface area contributed by atoms with E-state index < -0.39 is 0 Å². The zero-order valence-electron chi connectivity index (χ0n) is 13.4. The van der Waals surface area contributed by atoms with Crippen LogP contribution in [0.25, 0.3) is 5.70 Å². The van der Waals surface area contributed by atoms with E-state index in [1.165, 1.54) is 5.56 Å². The molecule has 22 heavy (non-hydrogen) atoms. The quantitative estimate of drug-likeness (QED) is 0.651. The van der Waals surface area contributed by atoms with Crippen LogP contribution in [0.3, 0.4) is 0 Å². The molecule has 0 saturated carbocycles. The van der Waals surface area contributed by atoms with Crippen molar-refractivity contribution in [3.63, 3.8) is 0 Å². The van der Waals surface area contributed by atoms with E-state index in [-0.39, 0.29) is 5.41 Å². The fourth-order valence-corrected chi connectivity index (χ4v) is 3.41. The number of aliphatic imine (C=N–C) groups is 2. The number of rotatable bonds is 2. The van der Waals surface area contributed by atoms with Crippen LogP contribution in [0, 0.1) is 5.41 Å². The number of nitrogens with two attached hydrogens (primary N) is 1. The third-order valence-corrected chi connectivity index (χ3v) is 4.38. The molecule has 0 bridgehead atoms. The van der Waals surface area contributed by atoms with Crippen molar-refractivity contribution in [3.05, 3.63) is 28.8 Å². The Morgan fingerprint density at radius 3 is 2.86 bits per heavy atom. The highest BCUT2D eigenvalue weighted by atomic mass is 16.5. The van der Waals surface area contributed by atoms with Crippen LogP contribution >= 0.6 is 0 Å². The van der Waals surface area contributed by atoms with Crippen molar-refractivity contribution in [2.75, 3.05) is 25.5 Å². The Bertz CT molecular complexity index is 701. The van der Waals surface area contributed by atoms with Gasteiger partial charge in [-0.1, -0.05) is 13.8 Å². The molecule has 1 aliphatic carbocycles. The molecule has 0 spiro atoms. The topological polar surface area (TPSA) is 72.0 Å². The van der Waals surface area contributed by atoms with Gasteiger partial charge in [0.05, 0.1) is 11.4 Å². The second-order valence-electron chi connectivity index (χ2n) is 6.29. The summed E-state index contributed by atoms with van der Waals surface area (Å²) in [6, 6.07) is 4.03. The number of ether oxygens (including phenoxy) is 1. The number of benzene rings is 1. The molecule has 1 aromatic carbocycles. The number of hydrogen-bond donors (Lipinski definition) is 2. The highest BCUT2D eigenvalue weighted by Gasteiger charge is 2.37. The van der Waals surface area contributed by atoms with Crippen LogP contribution in [0.2, 0.25) is 0 Å². The molecule has 3 N–H and O–H groups in total. The maximum Gasteiger partial charge on any atom is 0.142 e. The summed E-state index contributed by atoms with van der Waals surface area (Å²) in [6.07, 6.45) is 0.854. The van der Waals surface area contributed by atoms with Crippen LogP contribution in [0.1, 0.15) is 25.0 Å². The average molecular weight is 298 g/mol. The second kappa shape index (κ2) is 5.16. The molecule has 0 fully saturated rings. The monoisotopic (exact) mass is 298 g/mol. The molecule has 1 heterocycles. The van der Waals surface area contributed by atoms with E-state index in [1.807, 2.05) is 12.1 Å². The Balaban J connectivity index is 2.30. The number of amidine groups is 1. The van der Waals surface area contributed by atoms with Crippen molar-refractivity contribution in [2.45, 2.75) is 20.3 Å². The van der Waals surface area contributed by atoms with Crippen molar-refractivity contribution in [2.24, 2.45) is 21.1 Å². The summed E-state index contributed by atoms with van der Waals surface area (Å²) >= 11 is 0. The first-order valence-electron chi connectivity index (χ1n) is 7.46. The molecule has 0 amide bonds. The molecule has 1 aromatic rings. The van der Waals surface area contributed by atoms with Gasteiger partial charge in [-0.05, 0) is 36.2 Å². The summed E-state index contributed by atoms with van der Waals surface area (Å²) in [5.74, 6) is 1.43. The minimum atomic E-state index is -0.165. The Kier molecular flexibility index (Phi) is 3.43. The molecule has 1 aliphatic heterocycles. The van der Waals surface area contributed by atoms with E-state index in [9.17, 15) is 0 Å². The summed E-state index contributed by atoms with van der Waals surface area (Å²) in [6.45, 7) is 9.59. The first-order chi connectivity index (χ1) is 10.5. The van der Waals surface area contributed by atoms with E-state index in [1.54, 1.807) is 7.05 Å². The first kappa shape index (κ1) is 14.6. The van der Waals surface area contributed by atoms with Crippen molar-refractivity contribution in [3.8, 4) is 5.75 Å². The van der Waals surface area contributed by atoms with Gasteiger partial charge >= 0.3 is 0 Å². The fourth-order valence-electron chi connectivity index (χ4n) is 3.41. The minimum absolute atomic E-state index is 0.165. The van der Waals surface area contributed by atoms with Gasteiger partial charge in [-0.3, -0.25) is 9.98 Å². The Morgan fingerprint density at radius 1 is 1.41 bits per heavy atom. The van der Waals surface area contributed by atoms with Crippen LogP contribution in [-0.4, -0.2) is 32.8 Å². The second-order valence-corrected chi connectivity index (χ2v) is 6.29. The first-order valence-corrected chi connectivity index (χ1v) is 7.46. The smallest absolute Gasteiger partial charge is 0.142 e. The molecule has 3 rings (SSSR count). The SMILES string of the molecule is C=NC1=C(C(N)=NC)C(C)(C)Cc2c1ccc1c2NCCO1. The highest BCUT2D eigenvalue weighted by Crippen LogP contribution is 2.48. The Morgan fingerprint density at radius 2 is 2.18 bits per heavy atom. The molecule has 2 aliphatic rings. The molecule has 0 radical (unpaired) electrons. The molecular formula is C17H22N4O. The van der Waals surface area contributed by atoms with Crippen LogP contribution in [0.15, 0.2) is 27.7 Å². The lowest BCUT2D eigenvalue weighted by Crippen LogP contribution is -2.33. The van der Waals surface area contributed by atoms with Crippen molar-refractivity contribution < 1.29 is 4.74 Å². The predicted octanol–water partition coefficient (Wildman–Crippen LogP) is 2.47. The minimum Gasteiger partial charge on any atom is -0.490 e. The average Bonchev–Trinajstić information content (AvgIpc) is 2.52. The van der Waals surface area contributed by atoms with E-state index in [0.29, 0.717) is 12.4 Å².